The summed E-state index contributed by atoms with van der Waals surface area (Å²) in [7, 11) is 0. The van der Waals surface area contributed by atoms with Crippen molar-refractivity contribution in [3.8, 4) is 17.2 Å². The molecule has 1 heterocycles. The van der Waals surface area contributed by atoms with E-state index in [0.717, 1.165) is 28.6 Å². The van der Waals surface area contributed by atoms with E-state index in [2.05, 4.69) is 0 Å². The van der Waals surface area contributed by atoms with E-state index in [0.29, 0.717) is 25.6 Å². The Balaban J connectivity index is 1.52. The molecule has 2 aromatic rings. The van der Waals surface area contributed by atoms with Gasteiger partial charge in [-0.3, -0.25) is 0 Å². The normalized spacial score (nSPS) is 13.5. The number of halogens is 1. The van der Waals surface area contributed by atoms with Gasteiger partial charge in [0, 0.05) is 17.1 Å². The van der Waals surface area contributed by atoms with Crippen molar-refractivity contribution in [2.45, 2.75) is 11.3 Å². The number of thioether (sulfide) groups is 1. The number of hydrogen-bond acceptors (Lipinski definition) is 4. The van der Waals surface area contributed by atoms with Gasteiger partial charge in [0.2, 0.25) is 0 Å². The van der Waals surface area contributed by atoms with Crippen LogP contribution in [0, 0.1) is 5.82 Å². The van der Waals surface area contributed by atoms with Crippen molar-refractivity contribution in [2.75, 3.05) is 25.6 Å². The Bertz CT molecular complexity index is 633. The van der Waals surface area contributed by atoms with E-state index in [4.69, 9.17) is 14.2 Å². The van der Waals surface area contributed by atoms with Crippen molar-refractivity contribution >= 4 is 11.8 Å². The van der Waals surface area contributed by atoms with E-state index in [-0.39, 0.29) is 5.82 Å². The smallest absolute Gasteiger partial charge is 0.165 e. The molecule has 5 heteroatoms. The van der Waals surface area contributed by atoms with Gasteiger partial charge in [-0.1, -0.05) is 12.1 Å². The molecule has 0 saturated carbocycles. The number of para-hydroxylation sites is 1. The maximum absolute atomic E-state index is 13.4. The fourth-order valence-electron chi connectivity index (χ4n) is 2.11. The van der Waals surface area contributed by atoms with E-state index in [1.165, 1.54) is 6.07 Å². The Morgan fingerprint density at radius 3 is 2.73 bits per heavy atom. The second-order valence-electron chi connectivity index (χ2n) is 4.79. The fraction of sp³-hybridized carbons (Fsp3) is 0.294. The van der Waals surface area contributed by atoms with E-state index in [1.807, 2.05) is 18.2 Å². The zero-order valence-corrected chi connectivity index (χ0v) is 12.9. The SMILES string of the molecule is Fc1ccccc1OCCSc1ccc2c(c1)OCCCO2. The zero-order valence-electron chi connectivity index (χ0n) is 12.1. The molecule has 0 N–H and O–H groups in total. The Hall–Kier alpha value is -1.88. The summed E-state index contributed by atoms with van der Waals surface area (Å²) in [6.07, 6.45) is 0.896. The van der Waals surface area contributed by atoms with E-state index in [1.54, 1.807) is 30.0 Å². The summed E-state index contributed by atoms with van der Waals surface area (Å²) in [6, 6.07) is 12.3. The van der Waals surface area contributed by atoms with Crippen molar-refractivity contribution in [3.05, 3.63) is 48.3 Å². The number of fused-ring (bicyclic) bond motifs is 1. The predicted molar refractivity (Wildman–Crippen MR) is 84.7 cm³/mol. The highest BCUT2D eigenvalue weighted by Gasteiger charge is 2.10. The molecule has 0 saturated heterocycles. The lowest BCUT2D eigenvalue weighted by atomic mass is 10.3. The third-order valence-corrected chi connectivity index (χ3v) is 4.12. The summed E-state index contributed by atoms with van der Waals surface area (Å²) >= 11 is 1.64. The fourth-order valence-corrected chi connectivity index (χ4v) is 2.86. The first-order valence-electron chi connectivity index (χ1n) is 7.23. The van der Waals surface area contributed by atoms with Crippen LogP contribution in [0.3, 0.4) is 0 Å². The van der Waals surface area contributed by atoms with Crippen molar-refractivity contribution in [1.82, 2.24) is 0 Å². The highest BCUT2D eigenvalue weighted by molar-refractivity contribution is 7.99. The molecule has 0 aliphatic carbocycles. The van der Waals surface area contributed by atoms with Gasteiger partial charge in [-0.25, -0.2) is 4.39 Å². The molecule has 0 spiro atoms. The van der Waals surface area contributed by atoms with Crippen LogP contribution in [0.25, 0.3) is 0 Å². The first-order chi connectivity index (χ1) is 10.8. The minimum Gasteiger partial charge on any atom is -0.490 e. The minimum absolute atomic E-state index is 0.293. The van der Waals surface area contributed by atoms with Gasteiger partial charge in [-0.05, 0) is 30.3 Å². The molecule has 0 fully saturated rings. The number of rotatable bonds is 5. The summed E-state index contributed by atoms with van der Waals surface area (Å²) in [5.74, 6) is 2.28. The molecule has 3 rings (SSSR count). The molecule has 2 aromatic carbocycles. The Morgan fingerprint density at radius 2 is 1.86 bits per heavy atom. The van der Waals surface area contributed by atoms with Gasteiger partial charge < -0.3 is 14.2 Å². The first-order valence-corrected chi connectivity index (χ1v) is 8.21. The second-order valence-corrected chi connectivity index (χ2v) is 5.95. The standard InChI is InChI=1S/C17H17FO3S/c18-14-4-1-2-5-15(14)21-10-11-22-13-6-7-16-17(12-13)20-9-3-8-19-16/h1-2,4-7,12H,3,8-11H2. The molecule has 1 aliphatic rings. The first kappa shape index (κ1) is 15.0. The van der Waals surface area contributed by atoms with Gasteiger partial charge in [0.1, 0.15) is 0 Å². The summed E-state index contributed by atoms with van der Waals surface area (Å²) < 4.78 is 30.1. The van der Waals surface area contributed by atoms with Crippen LogP contribution in [0.2, 0.25) is 0 Å². The van der Waals surface area contributed by atoms with Crippen molar-refractivity contribution in [2.24, 2.45) is 0 Å². The Labute approximate surface area is 133 Å². The summed E-state index contributed by atoms with van der Waals surface area (Å²) in [4.78, 5) is 1.08. The summed E-state index contributed by atoms with van der Waals surface area (Å²) in [6.45, 7) is 1.81. The van der Waals surface area contributed by atoms with Crippen molar-refractivity contribution in [3.63, 3.8) is 0 Å². The highest BCUT2D eigenvalue weighted by Crippen LogP contribution is 2.33. The molecule has 0 bridgehead atoms. The van der Waals surface area contributed by atoms with Crippen LogP contribution in [0.4, 0.5) is 4.39 Å². The predicted octanol–water partition coefficient (Wildman–Crippen LogP) is 4.16. The lowest BCUT2D eigenvalue weighted by molar-refractivity contribution is 0.297. The molecule has 0 unspecified atom stereocenters. The van der Waals surface area contributed by atoms with E-state index >= 15 is 0 Å². The van der Waals surface area contributed by atoms with E-state index < -0.39 is 0 Å². The van der Waals surface area contributed by atoms with Gasteiger partial charge in [-0.2, -0.15) is 0 Å². The average Bonchev–Trinajstić information content (AvgIpc) is 2.78. The van der Waals surface area contributed by atoms with E-state index in [9.17, 15) is 4.39 Å². The molecule has 22 heavy (non-hydrogen) atoms. The topological polar surface area (TPSA) is 27.7 Å². The van der Waals surface area contributed by atoms with Crippen LogP contribution in [0.5, 0.6) is 17.2 Å². The van der Waals surface area contributed by atoms with Gasteiger partial charge in [0.05, 0.1) is 19.8 Å². The third kappa shape index (κ3) is 3.85. The quantitative estimate of drug-likeness (QED) is 0.611. The molecule has 0 aromatic heterocycles. The maximum Gasteiger partial charge on any atom is 0.165 e. The summed E-state index contributed by atoms with van der Waals surface area (Å²) in [5.41, 5.74) is 0. The molecule has 0 radical (unpaired) electrons. The molecule has 3 nitrogen and oxygen atoms in total. The van der Waals surface area contributed by atoms with Gasteiger partial charge in [0.15, 0.2) is 23.1 Å². The van der Waals surface area contributed by atoms with Gasteiger partial charge in [0.25, 0.3) is 0 Å². The summed E-state index contributed by atoms with van der Waals surface area (Å²) in [5, 5.41) is 0. The highest BCUT2D eigenvalue weighted by atomic mass is 32.2. The number of ether oxygens (including phenoxy) is 3. The monoisotopic (exact) mass is 320 g/mol. The average molecular weight is 320 g/mol. The lowest BCUT2D eigenvalue weighted by Gasteiger charge is -2.10. The maximum atomic E-state index is 13.4. The molecular weight excluding hydrogens is 303 g/mol. The Kier molecular flexibility index (Phi) is 5.06. The third-order valence-electron chi connectivity index (χ3n) is 3.17. The Morgan fingerprint density at radius 1 is 1.05 bits per heavy atom. The molecule has 0 atom stereocenters. The molecule has 116 valence electrons. The zero-order chi connectivity index (χ0) is 15.2. The van der Waals surface area contributed by atoms with Crippen LogP contribution >= 0.6 is 11.8 Å². The van der Waals surface area contributed by atoms with Crippen LogP contribution in [-0.4, -0.2) is 25.6 Å². The minimum atomic E-state index is -0.330. The van der Waals surface area contributed by atoms with Gasteiger partial charge >= 0.3 is 0 Å². The van der Waals surface area contributed by atoms with Crippen LogP contribution < -0.4 is 14.2 Å². The van der Waals surface area contributed by atoms with Crippen molar-refractivity contribution in [1.29, 1.82) is 0 Å². The molecule has 1 aliphatic heterocycles. The largest absolute Gasteiger partial charge is 0.490 e. The number of benzene rings is 2. The molecule has 0 amide bonds. The number of hydrogen-bond donors (Lipinski definition) is 0. The van der Waals surface area contributed by atoms with Gasteiger partial charge in [-0.15, -0.1) is 11.8 Å². The van der Waals surface area contributed by atoms with Crippen molar-refractivity contribution < 1.29 is 18.6 Å². The van der Waals surface area contributed by atoms with Crippen LogP contribution in [0.15, 0.2) is 47.4 Å². The van der Waals surface area contributed by atoms with Crippen LogP contribution in [-0.2, 0) is 0 Å². The lowest BCUT2D eigenvalue weighted by Crippen LogP contribution is -2.01. The second kappa shape index (κ2) is 7.40. The molecular formula is C17H17FO3S. The van der Waals surface area contributed by atoms with Crippen LogP contribution in [0.1, 0.15) is 6.42 Å².